The van der Waals surface area contributed by atoms with Gasteiger partial charge in [-0.25, -0.2) is 0 Å². The molecule has 0 radical (unpaired) electrons. The van der Waals surface area contributed by atoms with E-state index in [-0.39, 0.29) is 5.91 Å². The Bertz CT molecular complexity index is 1240. The first kappa shape index (κ1) is 20.4. The number of nitrogens with zero attached hydrogens (tertiary/aromatic N) is 1. The molecule has 2 heterocycles. The van der Waals surface area contributed by atoms with Gasteiger partial charge in [0.1, 0.15) is 11.3 Å². The lowest BCUT2D eigenvalue weighted by Crippen LogP contribution is -2.08. The van der Waals surface area contributed by atoms with Gasteiger partial charge in [0.25, 0.3) is 0 Å². The number of fused-ring (bicyclic) bond motifs is 1. The predicted octanol–water partition coefficient (Wildman–Crippen LogP) is 6.24. The van der Waals surface area contributed by atoms with E-state index in [0.717, 1.165) is 33.2 Å². The fourth-order valence-corrected chi connectivity index (χ4v) is 3.48. The molecule has 156 valence electrons. The fourth-order valence-electron chi connectivity index (χ4n) is 3.48. The first-order valence-corrected chi connectivity index (χ1v) is 10.2. The second-order valence-electron chi connectivity index (χ2n) is 7.35. The summed E-state index contributed by atoms with van der Waals surface area (Å²) in [6, 6.07) is 15.8. The van der Waals surface area contributed by atoms with Crippen molar-refractivity contribution < 1.29 is 13.9 Å². The van der Waals surface area contributed by atoms with Crippen LogP contribution in [0.25, 0.3) is 27.7 Å². The third-order valence-electron chi connectivity index (χ3n) is 5.04. The molecule has 2 aromatic carbocycles. The van der Waals surface area contributed by atoms with Crippen molar-refractivity contribution in [1.29, 1.82) is 0 Å². The molecule has 0 saturated carbocycles. The van der Waals surface area contributed by atoms with E-state index < -0.39 is 0 Å². The van der Waals surface area contributed by atoms with Crippen LogP contribution in [0.3, 0.4) is 0 Å². The van der Waals surface area contributed by atoms with Crippen LogP contribution >= 0.6 is 0 Å². The third kappa shape index (κ3) is 4.51. The molecule has 0 saturated heterocycles. The largest absolute Gasteiger partial charge is 0.493 e. The number of carbonyl (C=O) groups is 1. The summed E-state index contributed by atoms with van der Waals surface area (Å²) in [6.07, 6.45) is 6.61. The number of rotatable bonds is 6. The molecule has 0 fully saturated rings. The van der Waals surface area contributed by atoms with Gasteiger partial charge in [0.05, 0.1) is 24.8 Å². The minimum absolute atomic E-state index is 0.223. The van der Waals surface area contributed by atoms with Gasteiger partial charge in [0.2, 0.25) is 5.91 Å². The summed E-state index contributed by atoms with van der Waals surface area (Å²) < 4.78 is 11.7. The van der Waals surface area contributed by atoms with Crippen LogP contribution in [-0.2, 0) is 4.79 Å². The molecule has 5 nitrogen and oxygen atoms in total. The Morgan fingerprint density at radius 2 is 2.00 bits per heavy atom. The molecule has 0 atom stereocenters. The quantitative estimate of drug-likeness (QED) is 0.381. The first-order valence-electron chi connectivity index (χ1n) is 10.2. The molecule has 0 aliphatic rings. The molecule has 0 bridgehead atoms. The van der Waals surface area contributed by atoms with Crippen molar-refractivity contribution in [3.63, 3.8) is 0 Å². The number of allylic oxidation sites excluding steroid dienone is 1. The monoisotopic (exact) mass is 412 g/mol. The molecule has 0 aliphatic heterocycles. The van der Waals surface area contributed by atoms with Gasteiger partial charge in [-0.1, -0.05) is 29.8 Å². The summed E-state index contributed by atoms with van der Waals surface area (Å²) in [6.45, 7) is 6.41. The van der Waals surface area contributed by atoms with Crippen LogP contribution < -0.4 is 10.1 Å². The van der Waals surface area contributed by atoms with Gasteiger partial charge >= 0.3 is 0 Å². The van der Waals surface area contributed by atoms with Crippen LogP contribution in [0.1, 0.15) is 25.0 Å². The molecule has 4 aromatic rings. The minimum Gasteiger partial charge on any atom is -0.493 e. The van der Waals surface area contributed by atoms with Crippen LogP contribution in [0.5, 0.6) is 5.75 Å². The predicted molar refractivity (Wildman–Crippen MR) is 124 cm³/mol. The molecule has 31 heavy (non-hydrogen) atoms. The van der Waals surface area contributed by atoms with Gasteiger partial charge in [-0.15, -0.1) is 0 Å². The van der Waals surface area contributed by atoms with Gasteiger partial charge in [0, 0.05) is 34.9 Å². The summed E-state index contributed by atoms with van der Waals surface area (Å²) in [5, 5.41) is 3.81. The lowest BCUT2D eigenvalue weighted by Gasteiger charge is -2.12. The lowest BCUT2D eigenvalue weighted by molar-refractivity contribution is -0.111. The molecule has 0 aliphatic carbocycles. The van der Waals surface area contributed by atoms with E-state index in [4.69, 9.17) is 9.15 Å². The number of pyridine rings is 1. The summed E-state index contributed by atoms with van der Waals surface area (Å²) >= 11 is 0. The van der Waals surface area contributed by atoms with Crippen molar-refractivity contribution in [3.05, 3.63) is 84.4 Å². The van der Waals surface area contributed by atoms with Gasteiger partial charge in [-0.3, -0.25) is 9.78 Å². The standard InChI is InChI=1S/C26H24N2O3/c1-4-30-24-14-25-22(23(16-31-25)19-9-7-17(2)8-10-19)13-21(24)18(3)12-26(29)28-20-6-5-11-27-15-20/h5-16H,4H2,1-3H3,(H,28,29)/b18-12+. The molecule has 2 aromatic heterocycles. The van der Waals surface area contributed by atoms with E-state index in [1.165, 1.54) is 5.56 Å². The van der Waals surface area contributed by atoms with Crippen LogP contribution in [0, 0.1) is 6.92 Å². The van der Waals surface area contributed by atoms with Crippen LogP contribution in [0.15, 0.2) is 77.7 Å². The lowest BCUT2D eigenvalue weighted by atomic mass is 9.99. The zero-order chi connectivity index (χ0) is 21.8. The number of carbonyl (C=O) groups excluding carboxylic acids is 1. The number of amides is 1. The Morgan fingerprint density at radius 1 is 1.19 bits per heavy atom. The van der Waals surface area contributed by atoms with Crippen LogP contribution in [0.4, 0.5) is 5.69 Å². The number of anilines is 1. The molecule has 1 N–H and O–H groups in total. The molecule has 4 rings (SSSR count). The fraction of sp³-hybridized carbons (Fsp3) is 0.154. The topological polar surface area (TPSA) is 64.4 Å². The SMILES string of the molecule is CCOc1cc2occ(-c3ccc(C)cc3)c2cc1/C(C)=C/C(=O)Nc1cccnc1. The molecule has 5 heteroatoms. The van der Waals surface area contributed by atoms with E-state index in [9.17, 15) is 4.79 Å². The van der Waals surface area contributed by atoms with Crippen molar-refractivity contribution in [2.45, 2.75) is 20.8 Å². The normalized spacial score (nSPS) is 11.5. The van der Waals surface area contributed by atoms with Gasteiger partial charge in [-0.05, 0) is 50.1 Å². The molecular weight excluding hydrogens is 388 g/mol. The zero-order valence-electron chi connectivity index (χ0n) is 17.8. The highest BCUT2D eigenvalue weighted by Crippen LogP contribution is 2.37. The minimum atomic E-state index is -0.223. The number of ether oxygens (including phenoxy) is 1. The third-order valence-corrected chi connectivity index (χ3v) is 5.04. The van der Waals surface area contributed by atoms with E-state index in [1.54, 1.807) is 36.9 Å². The molecule has 1 amide bonds. The Kier molecular flexibility index (Phi) is 5.85. The van der Waals surface area contributed by atoms with Crippen molar-refractivity contribution in [2.24, 2.45) is 0 Å². The second kappa shape index (κ2) is 8.88. The highest BCUT2D eigenvalue weighted by Gasteiger charge is 2.15. The van der Waals surface area contributed by atoms with E-state index >= 15 is 0 Å². The van der Waals surface area contributed by atoms with Crippen LogP contribution in [-0.4, -0.2) is 17.5 Å². The average molecular weight is 412 g/mol. The Morgan fingerprint density at radius 3 is 2.71 bits per heavy atom. The number of hydrogen-bond donors (Lipinski definition) is 1. The Balaban J connectivity index is 1.74. The Labute approximate surface area is 181 Å². The molecular formula is C26H24N2O3. The van der Waals surface area contributed by atoms with Gasteiger partial charge in [-0.2, -0.15) is 0 Å². The van der Waals surface area contributed by atoms with Crippen LogP contribution in [0.2, 0.25) is 0 Å². The maximum Gasteiger partial charge on any atom is 0.248 e. The molecule has 0 unspecified atom stereocenters. The first-order chi connectivity index (χ1) is 15.0. The van der Waals surface area contributed by atoms with Crippen molar-refractivity contribution in [1.82, 2.24) is 4.98 Å². The highest BCUT2D eigenvalue weighted by atomic mass is 16.5. The maximum atomic E-state index is 12.5. The Hall–Kier alpha value is -3.86. The number of aromatic nitrogens is 1. The van der Waals surface area contributed by atoms with Gasteiger partial charge < -0.3 is 14.5 Å². The zero-order valence-corrected chi connectivity index (χ0v) is 17.8. The number of aryl methyl sites for hydroxylation is 1. The summed E-state index contributed by atoms with van der Waals surface area (Å²) in [5.74, 6) is 0.460. The number of benzene rings is 2. The van der Waals surface area contributed by atoms with E-state index in [1.807, 2.05) is 26.0 Å². The number of hydrogen-bond acceptors (Lipinski definition) is 4. The number of nitrogens with one attached hydrogen (secondary N) is 1. The summed E-state index contributed by atoms with van der Waals surface area (Å²) in [5.41, 5.74) is 6.33. The van der Waals surface area contributed by atoms with Crippen molar-refractivity contribution in [2.75, 3.05) is 11.9 Å². The summed E-state index contributed by atoms with van der Waals surface area (Å²) in [4.78, 5) is 16.5. The average Bonchev–Trinajstić information content (AvgIpc) is 3.17. The van der Waals surface area contributed by atoms with Crippen molar-refractivity contribution in [3.8, 4) is 16.9 Å². The van der Waals surface area contributed by atoms with Gasteiger partial charge in [0.15, 0.2) is 0 Å². The van der Waals surface area contributed by atoms with E-state index in [2.05, 4.69) is 41.5 Å². The maximum absolute atomic E-state index is 12.5. The number of furan rings is 1. The van der Waals surface area contributed by atoms with Crippen molar-refractivity contribution >= 4 is 28.1 Å². The highest BCUT2D eigenvalue weighted by molar-refractivity contribution is 6.05. The smallest absolute Gasteiger partial charge is 0.248 e. The second-order valence-corrected chi connectivity index (χ2v) is 7.35. The summed E-state index contributed by atoms with van der Waals surface area (Å²) in [7, 11) is 0. The van der Waals surface area contributed by atoms with E-state index in [0.29, 0.717) is 18.0 Å². The molecule has 0 spiro atoms.